The first-order chi connectivity index (χ1) is 6.16. The lowest BCUT2D eigenvalue weighted by Crippen LogP contribution is -2.25. The Morgan fingerprint density at radius 1 is 1.64 bits per heavy atom. The second-order valence-electron chi connectivity index (χ2n) is 3.18. The van der Waals surface area contributed by atoms with E-state index in [2.05, 4.69) is 9.88 Å². The number of carboxylic acid groups (broad SMARTS) is 1. The van der Waals surface area contributed by atoms with Gasteiger partial charge in [0.1, 0.15) is 0 Å². The van der Waals surface area contributed by atoms with E-state index in [-0.39, 0.29) is 17.4 Å². The summed E-state index contributed by atoms with van der Waals surface area (Å²) in [7, 11) is 2.02. The predicted molar refractivity (Wildman–Crippen MR) is 56.4 cm³/mol. The SMILES string of the molecule is CN1CCc2sc(C(=O)O)nc2C1.Cl. The van der Waals surface area contributed by atoms with E-state index in [9.17, 15) is 4.79 Å². The highest BCUT2D eigenvalue weighted by molar-refractivity contribution is 7.13. The summed E-state index contributed by atoms with van der Waals surface area (Å²) >= 11 is 1.31. The molecule has 2 rings (SSSR count). The minimum Gasteiger partial charge on any atom is -0.476 e. The molecule has 1 aliphatic rings. The van der Waals surface area contributed by atoms with Crippen molar-refractivity contribution >= 4 is 29.7 Å². The fourth-order valence-corrected chi connectivity index (χ4v) is 2.32. The van der Waals surface area contributed by atoms with Crippen molar-refractivity contribution in [3.63, 3.8) is 0 Å². The average Bonchev–Trinajstić information content (AvgIpc) is 2.46. The second-order valence-corrected chi connectivity index (χ2v) is 4.27. The molecule has 78 valence electrons. The van der Waals surface area contributed by atoms with Crippen LogP contribution in [0, 0.1) is 0 Å². The fourth-order valence-electron chi connectivity index (χ4n) is 1.42. The van der Waals surface area contributed by atoms with Crippen molar-refractivity contribution in [2.75, 3.05) is 13.6 Å². The molecule has 0 atom stereocenters. The molecule has 1 aliphatic heterocycles. The number of carbonyl (C=O) groups is 1. The number of halogens is 1. The minimum absolute atomic E-state index is 0. The second kappa shape index (κ2) is 4.25. The fraction of sp³-hybridized carbons (Fsp3) is 0.500. The molecule has 6 heteroatoms. The Morgan fingerprint density at radius 3 is 3.00 bits per heavy atom. The molecular weight excluding hydrogens is 224 g/mol. The summed E-state index contributed by atoms with van der Waals surface area (Å²) in [5, 5.41) is 8.96. The number of carboxylic acids is 1. The van der Waals surface area contributed by atoms with Gasteiger partial charge in [0, 0.05) is 18.0 Å². The van der Waals surface area contributed by atoms with Crippen LogP contribution >= 0.6 is 23.7 Å². The molecular formula is C8H11ClN2O2S. The molecule has 4 nitrogen and oxygen atoms in total. The molecule has 2 heterocycles. The van der Waals surface area contributed by atoms with E-state index >= 15 is 0 Å². The number of aromatic carboxylic acids is 1. The van der Waals surface area contributed by atoms with Crippen LogP contribution in [0.25, 0.3) is 0 Å². The maximum atomic E-state index is 10.6. The third-order valence-corrected chi connectivity index (χ3v) is 3.25. The van der Waals surface area contributed by atoms with Crippen LogP contribution in [0.15, 0.2) is 0 Å². The molecule has 0 bridgehead atoms. The first-order valence-corrected chi connectivity index (χ1v) is 4.89. The first kappa shape index (κ1) is 11.4. The highest BCUT2D eigenvalue weighted by Crippen LogP contribution is 2.23. The van der Waals surface area contributed by atoms with Crippen molar-refractivity contribution in [2.45, 2.75) is 13.0 Å². The lowest BCUT2D eigenvalue weighted by molar-refractivity contribution is 0.0696. The Labute approximate surface area is 92.0 Å². The Morgan fingerprint density at radius 2 is 2.36 bits per heavy atom. The van der Waals surface area contributed by atoms with Crippen LogP contribution in [0.4, 0.5) is 0 Å². The topological polar surface area (TPSA) is 53.4 Å². The van der Waals surface area contributed by atoms with E-state index < -0.39 is 5.97 Å². The summed E-state index contributed by atoms with van der Waals surface area (Å²) in [6, 6.07) is 0. The molecule has 0 aliphatic carbocycles. The van der Waals surface area contributed by atoms with Gasteiger partial charge in [-0.15, -0.1) is 23.7 Å². The van der Waals surface area contributed by atoms with E-state index in [0.29, 0.717) is 0 Å². The zero-order valence-electron chi connectivity index (χ0n) is 7.69. The summed E-state index contributed by atoms with van der Waals surface area (Å²) in [6.07, 6.45) is 0.927. The number of nitrogens with zero attached hydrogens (tertiary/aromatic N) is 2. The molecule has 1 aromatic heterocycles. The molecule has 0 aromatic carbocycles. The van der Waals surface area contributed by atoms with Crippen LogP contribution < -0.4 is 0 Å². The van der Waals surface area contributed by atoms with Crippen LogP contribution in [0.5, 0.6) is 0 Å². The van der Waals surface area contributed by atoms with Gasteiger partial charge in [0.25, 0.3) is 0 Å². The number of hydrogen-bond donors (Lipinski definition) is 1. The normalized spacial score (nSPS) is 15.8. The summed E-state index contributed by atoms with van der Waals surface area (Å²) < 4.78 is 0. The number of aromatic nitrogens is 1. The number of likely N-dealkylation sites (N-methyl/N-ethyl adjacent to an activating group) is 1. The zero-order valence-corrected chi connectivity index (χ0v) is 9.32. The van der Waals surface area contributed by atoms with Crippen molar-refractivity contribution in [3.05, 3.63) is 15.6 Å². The monoisotopic (exact) mass is 234 g/mol. The minimum atomic E-state index is -0.915. The molecule has 1 N–H and O–H groups in total. The van der Waals surface area contributed by atoms with Gasteiger partial charge in [-0.1, -0.05) is 0 Å². The summed E-state index contributed by atoms with van der Waals surface area (Å²) in [5.74, 6) is -0.915. The number of thiazole rings is 1. The molecule has 0 fully saturated rings. The van der Waals surface area contributed by atoms with E-state index in [1.54, 1.807) is 0 Å². The molecule has 0 amide bonds. The van der Waals surface area contributed by atoms with E-state index in [1.165, 1.54) is 11.3 Å². The maximum absolute atomic E-state index is 10.6. The van der Waals surface area contributed by atoms with Gasteiger partial charge < -0.3 is 10.0 Å². The molecule has 0 saturated carbocycles. The van der Waals surface area contributed by atoms with Crippen LogP contribution in [-0.4, -0.2) is 34.6 Å². The Balaban J connectivity index is 0.000000980. The Hall–Kier alpha value is -0.650. The summed E-state index contributed by atoms with van der Waals surface area (Å²) in [4.78, 5) is 18.0. The van der Waals surface area contributed by atoms with Gasteiger partial charge in [-0.2, -0.15) is 0 Å². The maximum Gasteiger partial charge on any atom is 0.365 e. The van der Waals surface area contributed by atoms with E-state index in [4.69, 9.17) is 5.11 Å². The Bertz CT molecular complexity index is 353. The summed E-state index contributed by atoms with van der Waals surface area (Å²) in [6.45, 7) is 1.77. The highest BCUT2D eigenvalue weighted by Gasteiger charge is 2.20. The van der Waals surface area contributed by atoms with Gasteiger partial charge in [0.15, 0.2) is 0 Å². The Kier molecular flexibility index (Phi) is 3.47. The lowest BCUT2D eigenvalue weighted by atomic mass is 10.2. The van der Waals surface area contributed by atoms with Crippen LogP contribution in [0.2, 0.25) is 0 Å². The van der Waals surface area contributed by atoms with Gasteiger partial charge in [0.05, 0.1) is 5.69 Å². The van der Waals surface area contributed by atoms with Crippen LogP contribution in [0.1, 0.15) is 20.4 Å². The predicted octanol–water partition coefficient (Wildman–Crippen LogP) is 1.25. The molecule has 14 heavy (non-hydrogen) atoms. The average molecular weight is 235 g/mol. The standard InChI is InChI=1S/C8H10N2O2S.ClH/c1-10-3-2-6-5(4-10)9-7(13-6)8(11)12;/h2-4H2,1H3,(H,11,12);1H. The lowest BCUT2D eigenvalue weighted by Gasteiger charge is -2.20. The third-order valence-electron chi connectivity index (χ3n) is 2.10. The molecule has 1 aromatic rings. The van der Waals surface area contributed by atoms with Crippen molar-refractivity contribution in [2.24, 2.45) is 0 Å². The van der Waals surface area contributed by atoms with E-state index in [0.717, 1.165) is 30.1 Å². The number of rotatable bonds is 1. The molecule has 0 radical (unpaired) electrons. The molecule has 0 saturated heterocycles. The zero-order chi connectivity index (χ0) is 9.42. The quantitative estimate of drug-likeness (QED) is 0.795. The van der Waals surface area contributed by atoms with Crippen molar-refractivity contribution in [3.8, 4) is 0 Å². The van der Waals surface area contributed by atoms with Gasteiger partial charge >= 0.3 is 5.97 Å². The van der Waals surface area contributed by atoms with Crippen molar-refractivity contribution in [1.82, 2.24) is 9.88 Å². The van der Waals surface area contributed by atoms with Crippen molar-refractivity contribution in [1.29, 1.82) is 0 Å². The summed E-state index contributed by atoms with van der Waals surface area (Å²) in [5.41, 5.74) is 0.941. The van der Waals surface area contributed by atoms with E-state index in [1.807, 2.05) is 7.05 Å². The third kappa shape index (κ3) is 2.05. The van der Waals surface area contributed by atoms with Crippen LogP contribution in [0.3, 0.4) is 0 Å². The van der Waals surface area contributed by atoms with Gasteiger partial charge in [-0.05, 0) is 13.5 Å². The van der Waals surface area contributed by atoms with Crippen LogP contribution in [-0.2, 0) is 13.0 Å². The van der Waals surface area contributed by atoms with Gasteiger partial charge in [0.2, 0.25) is 5.01 Å². The van der Waals surface area contributed by atoms with Gasteiger partial charge in [-0.25, -0.2) is 9.78 Å². The smallest absolute Gasteiger partial charge is 0.365 e. The van der Waals surface area contributed by atoms with Crippen molar-refractivity contribution < 1.29 is 9.90 Å². The number of fused-ring (bicyclic) bond motifs is 1. The molecule has 0 spiro atoms. The first-order valence-electron chi connectivity index (χ1n) is 4.07. The largest absolute Gasteiger partial charge is 0.476 e. The number of hydrogen-bond acceptors (Lipinski definition) is 4. The molecule has 0 unspecified atom stereocenters. The highest BCUT2D eigenvalue weighted by atomic mass is 35.5. The van der Waals surface area contributed by atoms with Gasteiger partial charge in [-0.3, -0.25) is 0 Å².